The van der Waals surface area contributed by atoms with Crippen molar-refractivity contribution in [3.63, 3.8) is 0 Å². The molecule has 0 radical (unpaired) electrons. The smallest absolute Gasteiger partial charge is 0.267 e. The summed E-state index contributed by atoms with van der Waals surface area (Å²) in [7, 11) is 0. The second-order valence-corrected chi connectivity index (χ2v) is 6.98. The van der Waals surface area contributed by atoms with E-state index in [9.17, 15) is 9.59 Å². The summed E-state index contributed by atoms with van der Waals surface area (Å²) in [5.74, 6) is 11.1. The first kappa shape index (κ1) is 19.5. The molecular weight excluding hydrogens is 330 g/mol. The van der Waals surface area contributed by atoms with Gasteiger partial charge in [-0.25, -0.2) is 5.48 Å². The molecule has 0 spiro atoms. The first-order chi connectivity index (χ1) is 12.3. The lowest BCUT2D eigenvalue weighted by atomic mass is 9.95. The lowest BCUT2D eigenvalue weighted by molar-refractivity contribution is -0.132. The number of carbonyl (C=O) groups is 2. The highest BCUT2D eigenvalue weighted by Gasteiger charge is 2.33. The fourth-order valence-electron chi connectivity index (χ4n) is 2.24. The number of amides is 2. The van der Waals surface area contributed by atoms with Gasteiger partial charge in [-0.3, -0.25) is 14.8 Å². The zero-order valence-electron chi connectivity index (χ0n) is 14.9. The molecule has 5 N–H and O–H groups in total. The van der Waals surface area contributed by atoms with E-state index < -0.39 is 23.4 Å². The average molecular weight is 353 g/mol. The van der Waals surface area contributed by atoms with Crippen LogP contribution in [0.4, 0.5) is 0 Å². The molecule has 1 aromatic carbocycles. The number of benzene rings is 1. The third-order valence-electron chi connectivity index (χ3n) is 3.98. The van der Waals surface area contributed by atoms with Crippen LogP contribution in [-0.2, 0) is 4.79 Å². The van der Waals surface area contributed by atoms with E-state index in [0.717, 1.165) is 17.9 Å². The van der Waals surface area contributed by atoms with Crippen molar-refractivity contribution in [3.8, 4) is 23.7 Å². The van der Waals surface area contributed by atoms with Crippen LogP contribution in [0.25, 0.3) is 0 Å². The minimum absolute atomic E-state index is 0.357. The summed E-state index contributed by atoms with van der Waals surface area (Å²) >= 11 is 0. The van der Waals surface area contributed by atoms with Gasteiger partial charge in [0.15, 0.2) is 0 Å². The molecule has 0 bridgehead atoms. The summed E-state index contributed by atoms with van der Waals surface area (Å²) < 4.78 is 0. The summed E-state index contributed by atoms with van der Waals surface area (Å²) in [5.41, 5.74) is 7.46. The highest BCUT2D eigenvalue weighted by molar-refractivity contribution is 5.97. The third kappa shape index (κ3) is 5.93. The molecular formula is C20H23N3O3. The standard InChI is InChI=1S/C20H23N3O3/c1-20(2,21)17(19(25)23-26)22-18(24)16-12-10-15(11-13-16)7-5-3-4-6-14-8-9-14/h10-14,17,26H,6,8-9,21H2,1-2H3,(H,22,24)(H,23,25)/t17-/m1/s1. The molecule has 0 saturated heterocycles. The molecule has 1 aromatic rings. The molecule has 1 aliphatic rings. The van der Waals surface area contributed by atoms with Crippen LogP contribution >= 0.6 is 0 Å². The maximum absolute atomic E-state index is 12.3. The number of nitrogens with two attached hydrogens (primary N) is 1. The van der Waals surface area contributed by atoms with E-state index in [1.54, 1.807) is 38.1 Å². The Kier molecular flexibility index (Phi) is 6.41. The normalized spacial score (nSPS) is 14.2. The van der Waals surface area contributed by atoms with Gasteiger partial charge in [-0.2, -0.15) is 0 Å². The monoisotopic (exact) mass is 353 g/mol. The Bertz CT molecular complexity index is 782. The quantitative estimate of drug-likeness (QED) is 0.362. The summed E-state index contributed by atoms with van der Waals surface area (Å²) in [6, 6.07) is 5.54. The van der Waals surface area contributed by atoms with Gasteiger partial charge in [0.25, 0.3) is 11.8 Å². The minimum atomic E-state index is -1.08. The van der Waals surface area contributed by atoms with Gasteiger partial charge in [0, 0.05) is 23.1 Å². The lowest BCUT2D eigenvalue weighted by Gasteiger charge is -2.29. The van der Waals surface area contributed by atoms with Gasteiger partial charge in [-0.1, -0.05) is 11.8 Å². The first-order valence-electron chi connectivity index (χ1n) is 8.44. The SMILES string of the molecule is CC(C)(N)[C@H](NC(=O)c1ccc(C#CC#CCC2CC2)cc1)C(=O)NO. The van der Waals surface area contributed by atoms with Gasteiger partial charge in [-0.05, 0) is 68.7 Å². The fourth-order valence-corrected chi connectivity index (χ4v) is 2.24. The van der Waals surface area contributed by atoms with Crippen molar-refractivity contribution in [1.82, 2.24) is 10.8 Å². The first-order valence-corrected chi connectivity index (χ1v) is 8.44. The molecule has 0 heterocycles. The molecule has 0 unspecified atom stereocenters. The summed E-state index contributed by atoms with van der Waals surface area (Å²) in [6.45, 7) is 3.16. The van der Waals surface area contributed by atoms with Crippen molar-refractivity contribution < 1.29 is 14.8 Å². The van der Waals surface area contributed by atoms with E-state index in [-0.39, 0.29) is 0 Å². The molecule has 1 saturated carbocycles. The predicted octanol–water partition coefficient (Wildman–Crippen LogP) is 1.18. The highest BCUT2D eigenvalue weighted by Crippen LogP contribution is 2.31. The number of hydroxylamine groups is 1. The summed E-state index contributed by atoms with van der Waals surface area (Å²) in [5, 5.41) is 11.3. The molecule has 1 fully saturated rings. The molecule has 2 rings (SSSR count). The number of nitrogens with one attached hydrogen (secondary N) is 2. The summed E-state index contributed by atoms with van der Waals surface area (Å²) in [6.07, 6.45) is 3.45. The van der Waals surface area contributed by atoms with E-state index in [0.29, 0.717) is 5.56 Å². The van der Waals surface area contributed by atoms with Crippen molar-refractivity contribution in [2.75, 3.05) is 0 Å². The van der Waals surface area contributed by atoms with Crippen molar-refractivity contribution in [2.24, 2.45) is 11.7 Å². The topological polar surface area (TPSA) is 104 Å². The van der Waals surface area contributed by atoms with E-state index in [4.69, 9.17) is 10.9 Å². The van der Waals surface area contributed by atoms with E-state index in [2.05, 4.69) is 29.0 Å². The maximum Gasteiger partial charge on any atom is 0.267 e. The Labute approximate surface area is 153 Å². The van der Waals surface area contributed by atoms with Crippen LogP contribution in [0.3, 0.4) is 0 Å². The van der Waals surface area contributed by atoms with Crippen molar-refractivity contribution in [1.29, 1.82) is 0 Å². The van der Waals surface area contributed by atoms with Crippen molar-refractivity contribution >= 4 is 11.8 Å². The summed E-state index contributed by atoms with van der Waals surface area (Å²) in [4.78, 5) is 24.0. The number of rotatable bonds is 5. The Morgan fingerprint density at radius 1 is 1.27 bits per heavy atom. The molecule has 136 valence electrons. The molecule has 6 heteroatoms. The predicted molar refractivity (Wildman–Crippen MR) is 97.9 cm³/mol. The number of carbonyl (C=O) groups excluding carboxylic acids is 2. The number of hydrogen-bond donors (Lipinski definition) is 4. The molecule has 1 atom stereocenters. The number of hydrogen-bond acceptors (Lipinski definition) is 4. The maximum atomic E-state index is 12.3. The average Bonchev–Trinajstić information content (AvgIpc) is 3.42. The van der Waals surface area contributed by atoms with E-state index in [1.165, 1.54) is 18.3 Å². The molecule has 0 aliphatic heterocycles. The molecule has 6 nitrogen and oxygen atoms in total. The zero-order valence-corrected chi connectivity index (χ0v) is 14.9. The molecule has 1 aliphatic carbocycles. The van der Waals surface area contributed by atoms with Crippen LogP contribution in [0.1, 0.15) is 49.0 Å². The van der Waals surface area contributed by atoms with Gasteiger partial charge in [0.1, 0.15) is 6.04 Å². The van der Waals surface area contributed by atoms with Gasteiger partial charge < -0.3 is 11.1 Å². The fraction of sp³-hybridized carbons (Fsp3) is 0.400. The van der Waals surface area contributed by atoms with Gasteiger partial charge in [0.05, 0.1) is 0 Å². The Morgan fingerprint density at radius 3 is 2.46 bits per heavy atom. The highest BCUT2D eigenvalue weighted by atomic mass is 16.5. The van der Waals surface area contributed by atoms with Crippen LogP contribution in [0.15, 0.2) is 24.3 Å². The van der Waals surface area contributed by atoms with Gasteiger partial charge in [-0.15, -0.1) is 0 Å². The second kappa shape index (κ2) is 8.53. The molecule has 0 aromatic heterocycles. The third-order valence-corrected chi connectivity index (χ3v) is 3.98. The Hall–Kier alpha value is -2.80. The van der Waals surface area contributed by atoms with Crippen LogP contribution in [0, 0.1) is 29.6 Å². The van der Waals surface area contributed by atoms with Crippen LogP contribution in [0.5, 0.6) is 0 Å². The zero-order chi connectivity index (χ0) is 19.2. The van der Waals surface area contributed by atoms with Crippen molar-refractivity contribution in [2.45, 2.75) is 44.7 Å². The second-order valence-electron chi connectivity index (χ2n) is 6.98. The van der Waals surface area contributed by atoms with Gasteiger partial charge in [0.2, 0.25) is 0 Å². The van der Waals surface area contributed by atoms with Crippen LogP contribution in [-0.4, -0.2) is 28.6 Å². The lowest BCUT2D eigenvalue weighted by Crippen LogP contribution is -2.61. The minimum Gasteiger partial charge on any atom is -0.338 e. The molecule has 2 amide bonds. The molecule has 26 heavy (non-hydrogen) atoms. The van der Waals surface area contributed by atoms with Gasteiger partial charge >= 0.3 is 0 Å². The van der Waals surface area contributed by atoms with Crippen LogP contribution in [0.2, 0.25) is 0 Å². The Balaban J connectivity index is 1.99. The van der Waals surface area contributed by atoms with Crippen LogP contribution < -0.4 is 16.5 Å². The largest absolute Gasteiger partial charge is 0.338 e. The van der Waals surface area contributed by atoms with E-state index >= 15 is 0 Å². The van der Waals surface area contributed by atoms with E-state index in [1.807, 2.05) is 0 Å². The van der Waals surface area contributed by atoms with Crippen molar-refractivity contribution in [3.05, 3.63) is 35.4 Å². The Morgan fingerprint density at radius 2 is 1.92 bits per heavy atom.